The number of aromatic nitrogens is 3. The zero-order chi connectivity index (χ0) is 15.1. The molecule has 1 aromatic carbocycles. The molecule has 3 aromatic heterocycles. The van der Waals surface area contributed by atoms with Crippen LogP contribution in [0.15, 0.2) is 56.4 Å². The first-order valence-corrected chi connectivity index (χ1v) is 7.29. The molecule has 22 heavy (non-hydrogen) atoms. The fourth-order valence-electron chi connectivity index (χ4n) is 2.26. The maximum atomic E-state index is 12.2. The molecule has 0 aliphatic heterocycles. The summed E-state index contributed by atoms with van der Waals surface area (Å²) in [4.78, 5) is 23.3. The molecule has 4 aromatic rings. The van der Waals surface area contributed by atoms with Crippen LogP contribution in [0.1, 0.15) is 0 Å². The van der Waals surface area contributed by atoms with Gasteiger partial charge in [0.15, 0.2) is 0 Å². The Hall–Kier alpha value is -2.67. The number of hydrogen-bond donors (Lipinski definition) is 2. The molecule has 7 heteroatoms. The van der Waals surface area contributed by atoms with E-state index in [4.69, 9.17) is 4.42 Å². The maximum absolute atomic E-state index is 12.2. The van der Waals surface area contributed by atoms with Crippen molar-refractivity contribution < 1.29 is 4.42 Å². The van der Waals surface area contributed by atoms with Gasteiger partial charge in [0.2, 0.25) is 11.5 Å². The number of nitrogens with zero attached hydrogens (tertiary/aromatic N) is 2. The van der Waals surface area contributed by atoms with Crippen molar-refractivity contribution in [2.75, 3.05) is 5.32 Å². The van der Waals surface area contributed by atoms with E-state index in [-0.39, 0.29) is 11.1 Å². The number of benzene rings is 1. The second-order valence-electron chi connectivity index (χ2n) is 4.70. The SMILES string of the molecule is O=c1[nH]c(Nc2cccnc2)nc2c1oc1ccc(Br)cc12. The Morgan fingerprint density at radius 1 is 1.27 bits per heavy atom. The van der Waals surface area contributed by atoms with E-state index >= 15 is 0 Å². The van der Waals surface area contributed by atoms with Gasteiger partial charge in [0.05, 0.1) is 11.9 Å². The summed E-state index contributed by atoms with van der Waals surface area (Å²) in [6, 6.07) is 9.16. The number of nitrogens with one attached hydrogen (secondary N) is 2. The molecular weight excluding hydrogens is 348 g/mol. The number of aromatic amines is 1. The van der Waals surface area contributed by atoms with Crippen LogP contribution in [0, 0.1) is 0 Å². The Morgan fingerprint density at radius 3 is 3.00 bits per heavy atom. The fourth-order valence-corrected chi connectivity index (χ4v) is 2.62. The van der Waals surface area contributed by atoms with Gasteiger partial charge in [-0.1, -0.05) is 15.9 Å². The van der Waals surface area contributed by atoms with Crippen molar-refractivity contribution in [3.8, 4) is 0 Å². The highest BCUT2D eigenvalue weighted by molar-refractivity contribution is 9.10. The van der Waals surface area contributed by atoms with Crippen LogP contribution in [0.2, 0.25) is 0 Å². The third-order valence-corrected chi connectivity index (χ3v) is 3.70. The summed E-state index contributed by atoms with van der Waals surface area (Å²) in [6.07, 6.45) is 3.32. The molecule has 0 unspecified atom stereocenters. The Morgan fingerprint density at radius 2 is 2.18 bits per heavy atom. The highest BCUT2D eigenvalue weighted by atomic mass is 79.9. The lowest BCUT2D eigenvalue weighted by atomic mass is 10.2. The number of anilines is 2. The van der Waals surface area contributed by atoms with E-state index in [2.05, 4.69) is 36.2 Å². The molecule has 0 aliphatic carbocycles. The summed E-state index contributed by atoms with van der Waals surface area (Å²) >= 11 is 3.41. The van der Waals surface area contributed by atoms with Gasteiger partial charge in [0, 0.05) is 16.1 Å². The van der Waals surface area contributed by atoms with Crippen LogP contribution in [-0.2, 0) is 0 Å². The van der Waals surface area contributed by atoms with Gasteiger partial charge in [-0.25, -0.2) is 4.98 Å². The van der Waals surface area contributed by atoms with Gasteiger partial charge >= 0.3 is 0 Å². The lowest BCUT2D eigenvalue weighted by Crippen LogP contribution is -2.10. The van der Waals surface area contributed by atoms with Crippen molar-refractivity contribution in [2.24, 2.45) is 0 Å². The Balaban J connectivity index is 1.92. The summed E-state index contributed by atoms with van der Waals surface area (Å²) in [7, 11) is 0. The molecule has 0 aliphatic rings. The summed E-state index contributed by atoms with van der Waals surface area (Å²) in [5, 5.41) is 3.81. The van der Waals surface area contributed by atoms with E-state index in [9.17, 15) is 4.79 Å². The molecule has 108 valence electrons. The predicted molar refractivity (Wildman–Crippen MR) is 87.4 cm³/mol. The number of H-pyrrole nitrogens is 1. The highest BCUT2D eigenvalue weighted by Gasteiger charge is 2.13. The van der Waals surface area contributed by atoms with Crippen molar-refractivity contribution in [2.45, 2.75) is 0 Å². The van der Waals surface area contributed by atoms with Gasteiger partial charge in [-0.05, 0) is 30.3 Å². The van der Waals surface area contributed by atoms with E-state index in [0.29, 0.717) is 17.0 Å². The lowest BCUT2D eigenvalue weighted by molar-refractivity contribution is 0.661. The minimum absolute atomic E-state index is 0.213. The molecule has 0 bridgehead atoms. The average Bonchev–Trinajstić information content (AvgIpc) is 2.87. The predicted octanol–water partition coefficient (Wildman–Crippen LogP) is 3.57. The summed E-state index contributed by atoms with van der Waals surface area (Å²) < 4.78 is 6.47. The van der Waals surface area contributed by atoms with E-state index in [1.165, 1.54) is 0 Å². The third-order valence-electron chi connectivity index (χ3n) is 3.21. The molecule has 6 nitrogen and oxygen atoms in total. The minimum Gasteiger partial charge on any atom is -0.449 e. The van der Waals surface area contributed by atoms with Gasteiger partial charge in [-0.2, -0.15) is 0 Å². The van der Waals surface area contributed by atoms with Crippen molar-refractivity contribution in [3.05, 3.63) is 57.6 Å². The van der Waals surface area contributed by atoms with E-state index in [1.54, 1.807) is 24.5 Å². The van der Waals surface area contributed by atoms with E-state index in [0.717, 1.165) is 15.5 Å². The zero-order valence-electron chi connectivity index (χ0n) is 11.1. The van der Waals surface area contributed by atoms with Gasteiger partial charge in [0.1, 0.15) is 11.1 Å². The number of hydrogen-bond acceptors (Lipinski definition) is 5. The van der Waals surface area contributed by atoms with E-state index < -0.39 is 0 Å². The Bertz CT molecular complexity index is 1040. The molecule has 0 spiro atoms. The largest absolute Gasteiger partial charge is 0.449 e. The first kappa shape index (κ1) is 13.0. The summed E-state index contributed by atoms with van der Waals surface area (Å²) in [5.41, 5.74) is 1.76. The second-order valence-corrected chi connectivity index (χ2v) is 5.62. The molecule has 0 amide bonds. The van der Waals surface area contributed by atoms with Gasteiger partial charge < -0.3 is 9.73 Å². The Labute approximate surface area is 132 Å². The molecule has 0 radical (unpaired) electrons. The molecule has 0 fully saturated rings. The lowest BCUT2D eigenvalue weighted by Gasteiger charge is -2.03. The highest BCUT2D eigenvalue weighted by Crippen LogP contribution is 2.28. The standard InChI is InChI=1S/C15H9BrN4O2/c16-8-3-4-11-10(6-8)12-13(22-11)14(21)20-15(19-12)18-9-2-1-5-17-7-9/h1-7H,(H2,18,19,20,21). The number of pyridine rings is 1. The second kappa shape index (κ2) is 4.96. The Kier molecular flexibility index (Phi) is 2.93. The van der Waals surface area contributed by atoms with Gasteiger partial charge in [0.25, 0.3) is 5.56 Å². The normalized spacial score (nSPS) is 11.1. The van der Waals surface area contributed by atoms with Gasteiger partial charge in [-0.3, -0.25) is 14.8 Å². The smallest absolute Gasteiger partial charge is 0.296 e. The number of halogens is 1. The van der Waals surface area contributed by atoms with Crippen LogP contribution < -0.4 is 10.9 Å². The maximum Gasteiger partial charge on any atom is 0.296 e. The summed E-state index contributed by atoms with van der Waals surface area (Å²) in [6.45, 7) is 0. The molecular formula is C15H9BrN4O2. The van der Waals surface area contributed by atoms with Crippen LogP contribution >= 0.6 is 15.9 Å². The first-order valence-electron chi connectivity index (χ1n) is 6.50. The quantitative estimate of drug-likeness (QED) is 0.573. The number of furan rings is 1. The van der Waals surface area contributed by atoms with Crippen LogP contribution in [0.25, 0.3) is 22.1 Å². The first-order chi connectivity index (χ1) is 10.7. The average molecular weight is 357 g/mol. The van der Waals surface area contributed by atoms with Gasteiger partial charge in [-0.15, -0.1) is 0 Å². The molecule has 0 atom stereocenters. The van der Waals surface area contributed by atoms with Crippen LogP contribution in [0.5, 0.6) is 0 Å². The van der Waals surface area contributed by atoms with Crippen LogP contribution in [0.4, 0.5) is 11.6 Å². The number of fused-ring (bicyclic) bond motifs is 3. The fraction of sp³-hybridized carbons (Fsp3) is 0. The number of rotatable bonds is 2. The molecule has 3 heterocycles. The minimum atomic E-state index is -0.330. The van der Waals surface area contributed by atoms with Crippen molar-refractivity contribution in [3.63, 3.8) is 0 Å². The zero-order valence-corrected chi connectivity index (χ0v) is 12.7. The summed E-state index contributed by atoms with van der Waals surface area (Å²) in [5.74, 6) is 0.341. The van der Waals surface area contributed by atoms with Crippen LogP contribution in [0.3, 0.4) is 0 Å². The monoisotopic (exact) mass is 356 g/mol. The topological polar surface area (TPSA) is 83.8 Å². The molecule has 4 rings (SSSR count). The van der Waals surface area contributed by atoms with E-state index in [1.807, 2.05) is 18.2 Å². The molecule has 2 N–H and O–H groups in total. The van der Waals surface area contributed by atoms with Crippen molar-refractivity contribution in [1.82, 2.24) is 15.0 Å². The third kappa shape index (κ3) is 2.15. The van der Waals surface area contributed by atoms with Crippen LogP contribution in [-0.4, -0.2) is 15.0 Å². The van der Waals surface area contributed by atoms with Crippen molar-refractivity contribution in [1.29, 1.82) is 0 Å². The molecule has 0 saturated heterocycles. The van der Waals surface area contributed by atoms with Crippen molar-refractivity contribution >= 4 is 49.6 Å². The molecule has 0 saturated carbocycles.